The molecule has 0 aromatic rings. The van der Waals surface area contributed by atoms with E-state index in [1.54, 1.807) is 0 Å². The molecule has 0 radical (unpaired) electrons. The Morgan fingerprint density at radius 3 is 0.988 bits per heavy atom. The van der Waals surface area contributed by atoms with E-state index < -0.39 is 26.5 Å². The topological polar surface area (TPSA) is 108 Å². The third kappa shape index (κ3) is 69.3. The number of ether oxygens (including phenoxy) is 2. The number of allylic oxidation sites excluding steroid dienone is 22. The van der Waals surface area contributed by atoms with E-state index in [4.69, 9.17) is 18.5 Å². The average molecular weight is 1220 g/mol. The van der Waals surface area contributed by atoms with Gasteiger partial charge in [-0.3, -0.25) is 18.6 Å². The number of quaternary nitrogens is 1. The van der Waals surface area contributed by atoms with Crippen molar-refractivity contribution in [1.82, 2.24) is 0 Å². The standard InChI is InChI=1S/C76H130NO8P/c1-6-8-10-12-14-16-18-20-22-24-26-28-30-32-34-36-37-38-39-41-42-44-46-48-50-52-54-56-58-60-62-64-66-68-75(78)82-72-74(73-84-86(80,81)83-71-70-77(3,4)5)85-76(79)69-67-65-63-61-59-57-55-53-51-49-47-45-43-40-35-33-31-29-27-25-23-21-19-17-15-13-11-9-7-2/h9,11,15,17-18,20-21,23-24,26-27,29-30,32-33,35,43,45,49,51,55,57,74H,6-8,10,12-14,16,19,22,25,28,31,34,36-42,44,46-48,50,52-54,56,58-73H2,1-5H3/p+1/b11-9-,17-15-,20-18-,23-21-,26-24-,29-27-,32-30-,35-33-,45-43-,51-49-,57-55-. The van der Waals surface area contributed by atoms with Gasteiger partial charge >= 0.3 is 19.8 Å². The van der Waals surface area contributed by atoms with Crippen LogP contribution in [0.3, 0.4) is 0 Å². The molecule has 0 fully saturated rings. The number of phosphoric ester groups is 1. The number of nitrogens with zero attached hydrogens (tertiary/aromatic N) is 1. The van der Waals surface area contributed by atoms with Crippen LogP contribution < -0.4 is 0 Å². The molecule has 10 heteroatoms. The monoisotopic (exact) mass is 1220 g/mol. The summed E-state index contributed by atoms with van der Waals surface area (Å²) in [4.78, 5) is 35.9. The Labute approximate surface area is 530 Å². The van der Waals surface area contributed by atoms with E-state index in [1.165, 1.54) is 141 Å². The molecular formula is C76H131NO8P+. The minimum atomic E-state index is -4.41. The zero-order chi connectivity index (χ0) is 62.6. The van der Waals surface area contributed by atoms with E-state index in [1.807, 2.05) is 21.1 Å². The average Bonchev–Trinajstić information content (AvgIpc) is 3.67. The van der Waals surface area contributed by atoms with Crippen LogP contribution in [0.15, 0.2) is 134 Å². The third-order valence-corrected chi connectivity index (χ3v) is 15.6. The maximum atomic E-state index is 12.9. The molecular weight excluding hydrogens is 1090 g/mol. The molecule has 0 saturated carbocycles. The zero-order valence-electron chi connectivity index (χ0n) is 56.0. The molecule has 0 aromatic heterocycles. The van der Waals surface area contributed by atoms with Gasteiger partial charge in [-0.25, -0.2) is 4.57 Å². The molecule has 1 N–H and O–H groups in total. The van der Waals surface area contributed by atoms with Crippen LogP contribution >= 0.6 is 7.82 Å². The summed E-state index contributed by atoms with van der Waals surface area (Å²) in [5, 5.41) is 0. The summed E-state index contributed by atoms with van der Waals surface area (Å²) in [5.41, 5.74) is 0. The molecule has 492 valence electrons. The van der Waals surface area contributed by atoms with Crippen molar-refractivity contribution < 1.29 is 42.1 Å². The fourth-order valence-corrected chi connectivity index (χ4v) is 10.1. The second-order valence-corrected chi connectivity index (χ2v) is 25.6. The van der Waals surface area contributed by atoms with Crippen LogP contribution in [0.1, 0.15) is 284 Å². The van der Waals surface area contributed by atoms with Crippen LogP contribution in [0.5, 0.6) is 0 Å². The van der Waals surface area contributed by atoms with Crippen molar-refractivity contribution in [2.45, 2.75) is 290 Å². The Balaban J connectivity index is 4.12. The Morgan fingerprint density at radius 2 is 0.663 bits per heavy atom. The third-order valence-electron chi connectivity index (χ3n) is 14.7. The predicted octanol–water partition coefficient (Wildman–Crippen LogP) is 22.8. The van der Waals surface area contributed by atoms with E-state index in [0.29, 0.717) is 17.4 Å². The highest BCUT2D eigenvalue weighted by Crippen LogP contribution is 2.43. The number of likely N-dealkylation sites (N-methyl/N-ethyl adjacent to an activating group) is 1. The summed E-state index contributed by atoms with van der Waals surface area (Å²) in [6.07, 6.45) is 95.5. The molecule has 86 heavy (non-hydrogen) atoms. The van der Waals surface area contributed by atoms with E-state index in [0.717, 1.165) is 109 Å². The first-order valence-corrected chi connectivity index (χ1v) is 36.4. The van der Waals surface area contributed by atoms with Gasteiger partial charge in [-0.15, -0.1) is 0 Å². The van der Waals surface area contributed by atoms with Crippen LogP contribution in [-0.4, -0.2) is 74.9 Å². The molecule has 0 amide bonds. The molecule has 9 nitrogen and oxygen atoms in total. The van der Waals surface area contributed by atoms with Crippen LogP contribution in [0.2, 0.25) is 0 Å². The highest BCUT2D eigenvalue weighted by molar-refractivity contribution is 7.47. The normalized spacial score (nSPS) is 14.0. The second kappa shape index (κ2) is 65.6. The van der Waals surface area contributed by atoms with Crippen molar-refractivity contribution >= 4 is 19.8 Å². The number of carbonyl (C=O) groups is 2. The predicted molar refractivity (Wildman–Crippen MR) is 371 cm³/mol. The molecule has 2 unspecified atom stereocenters. The molecule has 0 heterocycles. The molecule has 0 rings (SSSR count). The number of hydrogen-bond donors (Lipinski definition) is 1. The van der Waals surface area contributed by atoms with Gasteiger partial charge in [0.1, 0.15) is 19.8 Å². The van der Waals surface area contributed by atoms with Crippen LogP contribution in [0.25, 0.3) is 0 Å². The van der Waals surface area contributed by atoms with Gasteiger partial charge < -0.3 is 18.9 Å². The van der Waals surface area contributed by atoms with Crippen molar-refractivity contribution in [3.63, 3.8) is 0 Å². The number of esters is 2. The van der Waals surface area contributed by atoms with Gasteiger partial charge in [0.05, 0.1) is 27.7 Å². The molecule has 0 aliphatic heterocycles. The molecule has 0 bridgehead atoms. The van der Waals surface area contributed by atoms with E-state index >= 15 is 0 Å². The highest BCUT2D eigenvalue weighted by atomic mass is 31.2. The smallest absolute Gasteiger partial charge is 0.462 e. The summed E-state index contributed by atoms with van der Waals surface area (Å²) in [6, 6.07) is 0. The maximum Gasteiger partial charge on any atom is 0.472 e. The highest BCUT2D eigenvalue weighted by Gasteiger charge is 2.27. The lowest BCUT2D eigenvalue weighted by molar-refractivity contribution is -0.870. The number of rotatable bonds is 63. The largest absolute Gasteiger partial charge is 0.472 e. The van der Waals surface area contributed by atoms with Crippen LogP contribution in [-0.2, 0) is 32.7 Å². The first kappa shape index (κ1) is 82.1. The summed E-state index contributed by atoms with van der Waals surface area (Å²) >= 11 is 0. The maximum absolute atomic E-state index is 12.9. The molecule has 0 spiro atoms. The van der Waals surface area contributed by atoms with Gasteiger partial charge in [0.2, 0.25) is 0 Å². The Hall–Kier alpha value is -3.85. The van der Waals surface area contributed by atoms with E-state index in [9.17, 15) is 19.0 Å². The first-order valence-electron chi connectivity index (χ1n) is 34.9. The van der Waals surface area contributed by atoms with Gasteiger partial charge in [-0.2, -0.15) is 0 Å². The number of phosphoric acid groups is 1. The quantitative estimate of drug-likeness (QED) is 0.0211. The van der Waals surface area contributed by atoms with Crippen molar-refractivity contribution in [2.75, 3.05) is 47.5 Å². The lowest BCUT2D eigenvalue weighted by Crippen LogP contribution is -2.37. The molecule has 0 aromatic carbocycles. The van der Waals surface area contributed by atoms with Crippen LogP contribution in [0.4, 0.5) is 0 Å². The Morgan fingerprint density at radius 1 is 0.372 bits per heavy atom. The minimum Gasteiger partial charge on any atom is -0.462 e. The van der Waals surface area contributed by atoms with Gasteiger partial charge in [-0.1, -0.05) is 289 Å². The van der Waals surface area contributed by atoms with E-state index in [2.05, 4.69) is 148 Å². The second-order valence-electron chi connectivity index (χ2n) is 24.2. The van der Waals surface area contributed by atoms with Crippen molar-refractivity contribution in [3.05, 3.63) is 134 Å². The summed E-state index contributed by atoms with van der Waals surface area (Å²) in [6.45, 7) is 4.28. The summed E-state index contributed by atoms with van der Waals surface area (Å²) < 4.78 is 34.7. The van der Waals surface area contributed by atoms with Gasteiger partial charge in [0, 0.05) is 12.8 Å². The fraction of sp³-hybridized carbons (Fsp3) is 0.684. The van der Waals surface area contributed by atoms with Crippen LogP contribution in [0, 0.1) is 0 Å². The lowest BCUT2D eigenvalue weighted by Gasteiger charge is -2.24. The molecule has 0 saturated heterocycles. The number of unbranched alkanes of at least 4 members (excludes halogenated alkanes) is 27. The fourth-order valence-electron chi connectivity index (χ4n) is 9.33. The SMILES string of the molecule is CC/C=C\C/C=C\C/C=C\C/C=C\C/C=C\C/C=C\C/C=C\C/C=C\CCCCCCC(=O)OC(COC(=O)CCCCCCCCCCCCCCCCCCCC/C=C\C/C=C\C/C=C\CCCCCCC)COP(=O)(O)OCC[N+](C)(C)C. The Kier molecular flexibility index (Phi) is 62.7. The minimum absolute atomic E-state index is 0.0201. The summed E-state index contributed by atoms with van der Waals surface area (Å²) in [5.74, 6) is -0.828. The van der Waals surface area contributed by atoms with E-state index in [-0.39, 0.29) is 32.0 Å². The van der Waals surface area contributed by atoms with Gasteiger partial charge in [0.15, 0.2) is 6.10 Å². The summed E-state index contributed by atoms with van der Waals surface area (Å²) in [7, 11) is 1.45. The zero-order valence-corrected chi connectivity index (χ0v) is 56.9. The molecule has 0 aliphatic carbocycles. The van der Waals surface area contributed by atoms with Crippen molar-refractivity contribution in [3.8, 4) is 0 Å². The van der Waals surface area contributed by atoms with Crippen molar-refractivity contribution in [1.29, 1.82) is 0 Å². The van der Waals surface area contributed by atoms with Crippen molar-refractivity contribution in [2.24, 2.45) is 0 Å². The molecule has 2 atom stereocenters. The van der Waals surface area contributed by atoms with Gasteiger partial charge in [0.25, 0.3) is 0 Å². The lowest BCUT2D eigenvalue weighted by atomic mass is 10.0. The number of hydrogen-bond acceptors (Lipinski definition) is 7. The van der Waals surface area contributed by atoms with Gasteiger partial charge in [-0.05, 0) is 116 Å². The number of carbonyl (C=O) groups excluding carboxylic acids is 2. The Bertz CT molecular complexity index is 1910. The first-order chi connectivity index (χ1) is 42.0. The molecule has 0 aliphatic rings.